The summed E-state index contributed by atoms with van der Waals surface area (Å²) in [7, 11) is 0. The standard InChI is InChI=1S/C15H20N2O/c1-10(8-12(3)18)17-15-9-11(2)16-14-7-5-4-6-13(14)15/h4-7,9-10,12,18H,8H2,1-3H3,(H,16,17). The fraction of sp³-hybridized carbons (Fsp3) is 0.400. The fourth-order valence-corrected chi connectivity index (χ4v) is 2.26. The lowest BCUT2D eigenvalue weighted by Gasteiger charge is -2.18. The molecule has 1 heterocycles. The quantitative estimate of drug-likeness (QED) is 0.868. The second kappa shape index (κ2) is 5.36. The van der Waals surface area contributed by atoms with Crippen LogP contribution in [-0.2, 0) is 0 Å². The van der Waals surface area contributed by atoms with Crippen molar-refractivity contribution >= 4 is 16.6 Å². The zero-order valence-corrected chi connectivity index (χ0v) is 11.1. The number of nitrogens with one attached hydrogen (secondary N) is 1. The number of benzene rings is 1. The molecule has 1 aromatic carbocycles. The topological polar surface area (TPSA) is 45.1 Å². The number of hydrogen-bond acceptors (Lipinski definition) is 3. The maximum atomic E-state index is 9.42. The molecule has 0 bridgehead atoms. The maximum Gasteiger partial charge on any atom is 0.0725 e. The van der Waals surface area contributed by atoms with Gasteiger partial charge in [-0.05, 0) is 39.3 Å². The van der Waals surface area contributed by atoms with Crippen molar-refractivity contribution in [3.8, 4) is 0 Å². The van der Waals surface area contributed by atoms with Gasteiger partial charge in [0, 0.05) is 22.8 Å². The minimum absolute atomic E-state index is 0.232. The lowest BCUT2D eigenvalue weighted by Crippen LogP contribution is -2.20. The first kappa shape index (κ1) is 12.8. The van der Waals surface area contributed by atoms with Crippen LogP contribution in [0.3, 0.4) is 0 Å². The molecule has 0 fully saturated rings. The molecule has 0 aliphatic rings. The van der Waals surface area contributed by atoms with Gasteiger partial charge in [0.15, 0.2) is 0 Å². The molecule has 0 amide bonds. The molecule has 2 rings (SSSR count). The van der Waals surface area contributed by atoms with Crippen LogP contribution in [-0.4, -0.2) is 22.2 Å². The van der Waals surface area contributed by atoms with Crippen molar-refractivity contribution in [3.63, 3.8) is 0 Å². The second-order valence-electron chi connectivity index (χ2n) is 4.96. The summed E-state index contributed by atoms with van der Waals surface area (Å²) < 4.78 is 0. The normalized spacial score (nSPS) is 14.4. The van der Waals surface area contributed by atoms with Crippen LogP contribution in [0.4, 0.5) is 5.69 Å². The van der Waals surface area contributed by atoms with Gasteiger partial charge in [-0.25, -0.2) is 0 Å². The molecule has 18 heavy (non-hydrogen) atoms. The molecule has 0 aliphatic carbocycles. The molecule has 2 N–H and O–H groups in total. The van der Waals surface area contributed by atoms with Crippen LogP contribution in [0.5, 0.6) is 0 Å². The van der Waals surface area contributed by atoms with E-state index in [2.05, 4.69) is 29.4 Å². The third-order valence-electron chi connectivity index (χ3n) is 2.94. The van der Waals surface area contributed by atoms with Crippen LogP contribution in [0.1, 0.15) is 26.0 Å². The maximum absolute atomic E-state index is 9.42. The first-order chi connectivity index (χ1) is 8.56. The number of aliphatic hydroxyl groups is 1. The summed E-state index contributed by atoms with van der Waals surface area (Å²) in [5, 5.41) is 14.0. The Morgan fingerprint density at radius 1 is 1.28 bits per heavy atom. The third-order valence-corrected chi connectivity index (χ3v) is 2.94. The molecule has 0 saturated heterocycles. The molecule has 2 atom stereocenters. The van der Waals surface area contributed by atoms with Crippen molar-refractivity contribution in [2.45, 2.75) is 39.3 Å². The Bertz CT molecular complexity index is 537. The summed E-state index contributed by atoms with van der Waals surface area (Å²) in [5.41, 5.74) is 3.09. The van der Waals surface area contributed by atoms with Crippen LogP contribution in [0.25, 0.3) is 10.9 Å². The van der Waals surface area contributed by atoms with Crippen LogP contribution >= 0.6 is 0 Å². The molecule has 0 spiro atoms. The molecule has 3 nitrogen and oxygen atoms in total. The zero-order valence-electron chi connectivity index (χ0n) is 11.1. The predicted molar refractivity (Wildman–Crippen MR) is 75.9 cm³/mol. The number of pyridine rings is 1. The zero-order chi connectivity index (χ0) is 13.1. The summed E-state index contributed by atoms with van der Waals surface area (Å²) >= 11 is 0. The highest BCUT2D eigenvalue weighted by atomic mass is 16.3. The number of aryl methyl sites for hydroxylation is 1. The van der Waals surface area contributed by atoms with E-state index in [0.29, 0.717) is 0 Å². The SMILES string of the molecule is Cc1cc(NC(C)CC(C)O)c2ccccc2n1. The van der Waals surface area contributed by atoms with Crippen LogP contribution < -0.4 is 5.32 Å². The lowest BCUT2D eigenvalue weighted by atomic mass is 10.1. The van der Waals surface area contributed by atoms with Crippen molar-refractivity contribution in [2.75, 3.05) is 5.32 Å². The Hall–Kier alpha value is -1.61. The average Bonchev–Trinajstić information content (AvgIpc) is 2.27. The number of nitrogens with zero attached hydrogens (tertiary/aromatic N) is 1. The number of aromatic nitrogens is 1. The number of anilines is 1. The Morgan fingerprint density at radius 2 is 2.00 bits per heavy atom. The number of hydrogen-bond donors (Lipinski definition) is 2. The highest BCUT2D eigenvalue weighted by Crippen LogP contribution is 2.24. The van der Waals surface area contributed by atoms with Gasteiger partial charge in [-0.15, -0.1) is 0 Å². The van der Waals surface area contributed by atoms with E-state index in [1.54, 1.807) is 0 Å². The Kier molecular flexibility index (Phi) is 3.82. The Morgan fingerprint density at radius 3 is 2.72 bits per heavy atom. The van der Waals surface area contributed by atoms with Gasteiger partial charge >= 0.3 is 0 Å². The van der Waals surface area contributed by atoms with Gasteiger partial charge in [0.1, 0.15) is 0 Å². The van der Waals surface area contributed by atoms with E-state index in [9.17, 15) is 5.11 Å². The summed E-state index contributed by atoms with van der Waals surface area (Å²) in [6, 6.07) is 10.4. The third kappa shape index (κ3) is 2.99. The van der Waals surface area contributed by atoms with Crippen molar-refractivity contribution in [3.05, 3.63) is 36.0 Å². The number of aliphatic hydroxyl groups excluding tert-OH is 1. The molecular formula is C15H20N2O. The van der Waals surface area contributed by atoms with Crippen molar-refractivity contribution in [2.24, 2.45) is 0 Å². The highest BCUT2D eigenvalue weighted by Gasteiger charge is 2.09. The van der Waals surface area contributed by atoms with E-state index >= 15 is 0 Å². The highest BCUT2D eigenvalue weighted by molar-refractivity contribution is 5.91. The lowest BCUT2D eigenvalue weighted by molar-refractivity contribution is 0.179. The van der Waals surface area contributed by atoms with Crippen molar-refractivity contribution < 1.29 is 5.11 Å². The summed E-state index contributed by atoms with van der Waals surface area (Å²) in [4.78, 5) is 4.52. The monoisotopic (exact) mass is 244 g/mol. The van der Waals surface area contributed by atoms with Crippen LogP contribution in [0.2, 0.25) is 0 Å². The van der Waals surface area contributed by atoms with Crippen molar-refractivity contribution in [1.29, 1.82) is 0 Å². The molecule has 96 valence electrons. The van der Waals surface area contributed by atoms with Gasteiger partial charge in [0.05, 0.1) is 11.6 Å². The van der Waals surface area contributed by atoms with Gasteiger partial charge in [-0.3, -0.25) is 4.98 Å². The number of rotatable bonds is 4. The molecule has 2 aromatic rings. The van der Waals surface area contributed by atoms with Crippen molar-refractivity contribution in [1.82, 2.24) is 4.98 Å². The Labute approximate surface area is 108 Å². The van der Waals surface area contributed by atoms with E-state index in [-0.39, 0.29) is 12.1 Å². The fourth-order valence-electron chi connectivity index (χ4n) is 2.26. The van der Waals surface area contributed by atoms with Gasteiger partial charge in [0.25, 0.3) is 0 Å². The first-order valence-electron chi connectivity index (χ1n) is 6.37. The molecule has 0 aliphatic heterocycles. The predicted octanol–water partition coefficient (Wildman–Crippen LogP) is 3.11. The van der Waals surface area contributed by atoms with Gasteiger partial charge in [-0.2, -0.15) is 0 Å². The summed E-state index contributed by atoms with van der Waals surface area (Å²) in [5.74, 6) is 0. The van der Waals surface area contributed by atoms with Gasteiger partial charge in [0.2, 0.25) is 0 Å². The van der Waals surface area contributed by atoms with E-state index in [0.717, 1.165) is 28.7 Å². The number of para-hydroxylation sites is 1. The average molecular weight is 244 g/mol. The summed E-state index contributed by atoms with van der Waals surface area (Å²) in [6.07, 6.45) is 0.442. The molecule has 2 unspecified atom stereocenters. The van der Waals surface area contributed by atoms with E-state index in [1.807, 2.05) is 32.0 Å². The van der Waals surface area contributed by atoms with Gasteiger partial charge < -0.3 is 10.4 Å². The molecule has 1 aromatic heterocycles. The van der Waals surface area contributed by atoms with Gasteiger partial charge in [-0.1, -0.05) is 18.2 Å². The van der Waals surface area contributed by atoms with Crippen LogP contribution in [0, 0.1) is 6.92 Å². The molecular weight excluding hydrogens is 224 g/mol. The number of fused-ring (bicyclic) bond motifs is 1. The smallest absolute Gasteiger partial charge is 0.0725 e. The largest absolute Gasteiger partial charge is 0.393 e. The first-order valence-corrected chi connectivity index (χ1v) is 6.37. The van der Waals surface area contributed by atoms with E-state index in [1.165, 1.54) is 0 Å². The molecule has 0 saturated carbocycles. The minimum atomic E-state index is -0.290. The van der Waals surface area contributed by atoms with E-state index in [4.69, 9.17) is 0 Å². The summed E-state index contributed by atoms with van der Waals surface area (Å²) in [6.45, 7) is 5.89. The second-order valence-corrected chi connectivity index (χ2v) is 4.96. The molecule has 0 radical (unpaired) electrons. The molecule has 3 heteroatoms. The van der Waals surface area contributed by atoms with Crippen LogP contribution in [0.15, 0.2) is 30.3 Å². The van der Waals surface area contributed by atoms with E-state index < -0.39 is 0 Å². The minimum Gasteiger partial charge on any atom is -0.393 e. The Balaban J connectivity index is 2.32.